The Hall–Kier alpha value is -2.75. The molecule has 0 aliphatic carbocycles. The molecule has 2 heterocycles. The van der Waals surface area contributed by atoms with Gasteiger partial charge in [0.1, 0.15) is 5.66 Å². The summed E-state index contributed by atoms with van der Waals surface area (Å²) in [5.41, 5.74) is 5.26. The first-order valence-electron chi connectivity index (χ1n) is 9.91. The maximum atomic E-state index is 12.5. The highest BCUT2D eigenvalue weighted by Crippen LogP contribution is 2.52. The third-order valence-corrected chi connectivity index (χ3v) is 6.31. The minimum absolute atomic E-state index is 0.112. The Labute approximate surface area is 167 Å². The maximum Gasteiger partial charge on any atom is 0.223 e. The molecule has 1 N–H and O–H groups in total. The molecule has 1 amide bonds. The molecule has 4 rings (SSSR count). The van der Waals surface area contributed by atoms with Crippen LogP contribution in [0.2, 0.25) is 0 Å². The fraction of sp³-hybridized carbons (Fsp3) is 0.375. The van der Waals surface area contributed by atoms with Gasteiger partial charge in [-0.3, -0.25) is 4.79 Å². The number of benzene rings is 2. The van der Waals surface area contributed by atoms with Gasteiger partial charge in [-0.05, 0) is 42.3 Å². The summed E-state index contributed by atoms with van der Waals surface area (Å²) in [6.45, 7) is 7.32. The zero-order valence-electron chi connectivity index (χ0n) is 17.4. The number of nitrogens with zero attached hydrogens (tertiary/aromatic N) is 2. The van der Waals surface area contributed by atoms with Crippen molar-refractivity contribution in [1.29, 1.82) is 0 Å². The number of aryl methyl sites for hydroxylation is 1. The van der Waals surface area contributed by atoms with Crippen molar-refractivity contribution in [2.75, 3.05) is 30.4 Å². The van der Waals surface area contributed by atoms with E-state index in [4.69, 9.17) is 0 Å². The van der Waals surface area contributed by atoms with E-state index in [2.05, 4.69) is 90.5 Å². The lowest BCUT2D eigenvalue weighted by Crippen LogP contribution is -2.68. The van der Waals surface area contributed by atoms with Gasteiger partial charge in [-0.15, -0.1) is 0 Å². The van der Waals surface area contributed by atoms with Crippen molar-refractivity contribution in [3.05, 3.63) is 65.2 Å². The third-order valence-electron chi connectivity index (χ3n) is 6.31. The Kier molecular flexibility index (Phi) is 4.25. The summed E-state index contributed by atoms with van der Waals surface area (Å²) in [5, 5.41) is 3.34. The van der Waals surface area contributed by atoms with Gasteiger partial charge in [0.15, 0.2) is 0 Å². The molecule has 4 nitrogen and oxygen atoms in total. The average molecular weight is 376 g/mol. The summed E-state index contributed by atoms with van der Waals surface area (Å²) in [6.07, 6.45) is 4.85. The second-order valence-corrected chi connectivity index (χ2v) is 8.68. The number of amides is 1. The number of hydrogen-bond donors (Lipinski definition) is 1. The van der Waals surface area contributed by atoms with Crippen molar-refractivity contribution in [3.8, 4) is 0 Å². The molecule has 2 aliphatic heterocycles. The normalized spacial score (nSPS) is 22.8. The number of carbonyl (C=O) groups is 1. The van der Waals surface area contributed by atoms with Crippen molar-refractivity contribution in [2.45, 2.75) is 38.3 Å². The lowest BCUT2D eigenvalue weighted by atomic mass is 9.74. The first kappa shape index (κ1) is 18.6. The predicted molar refractivity (Wildman–Crippen MR) is 117 cm³/mol. The van der Waals surface area contributed by atoms with Crippen LogP contribution >= 0.6 is 0 Å². The molecule has 2 aliphatic rings. The van der Waals surface area contributed by atoms with Gasteiger partial charge in [0.05, 0.1) is 0 Å². The Morgan fingerprint density at radius 1 is 1.11 bits per heavy atom. The van der Waals surface area contributed by atoms with Gasteiger partial charge in [0.2, 0.25) is 5.91 Å². The quantitative estimate of drug-likeness (QED) is 0.878. The Morgan fingerprint density at radius 2 is 1.82 bits per heavy atom. The molecule has 0 radical (unpaired) electrons. The summed E-state index contributed by atoms with van der Waals surface area (Å²) >= 11 is 0. The fourth-order valence-corrected chi connectivity index (χ4v) is 4.57. The van der Waals surface area contributed by atoms with Gasteiger partial charge in [0, 0.05) is 43.9 Å². The van der Waals surface area contributed by atoms with Crippen molar-refractivity contribution in [1.82, 2.24) is 5.32 Å². The zero-order valence-corrected chi connectivity index (χ0v) is 17.4. The molecule has 2 aromatic rings. The van der Waals surface area contributed by atoms with Crippen molar-refractivity contribution in [3.63, 3.8) is 0 Å². The molecule has 0 unspecified atom stereocenters. The van der Waals surface area contributed by atoms with Gasteiger partial charge in [-0.25, -0.2) is 0 Å². The van der Waals surface area contributed by atoms with E-state index in [1.54, 1.807) is 0 Å². The Bertz CT molecular complexity index is 943. The highest BCUT2D eigenvalue weighted by Gasteiger charge is 2.57. The largest absolute Gasteiger partial charge is 0.378 e. The molecule has 1 saturated heterocycles. The molecule has 28 heavy (non-hydrogen) atoms. The van der Waals surface area contributed by atoms with Gasteiger partial charge in [-0.1, -0.05) is 49.8 Å². The lowest BCUT2D eigenvalue weighted by Gasteiger charge is -2.49. The Morgan fingerprint density at radius 3 is 2.50 bits per heavy atom. The predicted octanol–water partition coefficient (Wildman–Crippen LogP) is 4.09. The van der Waals surface area contributed by atoms with E-state index >= 15 is 0 Å². The average Bonchev–Trinajstić information content (AvgIpc) is 2.84. The number of rotatable bonds is 3. The number of carbonyl (C=O) groups excluding carboxylic acids is 1. The third kappa shape index (κ3) is 2.70. The standard InChI is InChI=1S/C24H29N3O/c1-17-6-11-21-20(16-17)23(2,3)24(25-22(28)13-15-27(21)24)14-12-18-7-9-19(10-8-18)26(4)5/h6-12,14,16H,13,15H2,1-5H3,(H,25,28)/b14-12-/t24-/m0/s1. The van der Waals surface area contributed by atoms with Crippen LogP contribution in [0.4, 0.5) is 11.4 Å². The summed E-state index contributed by atoms with van der Waals surface area (Å²) in [5.74, 6) is 0.112. The minimum atomic E-state index is -0.557. The van der Waals surface area contributed by atoms with E-state index in [0.29, 0.717) is 6.42 Å². The van der Waals surface area contributed by atoms with Crippen molar-refractivity contribution < 1.29 is 4.79 Å². The van der Waals surface area contributed by atoms with Gasteiger partial charge in [-0.2, -0.15) is 0 Å². The lowest BCUT2D eigenvalue weighted by molar-refractivity contribution is -0.124. The van der Waals surface area contributed by atoms with Crippen LogP contribution in [0.3, 0.4) is 0 Å². The van der Waals surface area contributed by atoms with E-state index in [9.17, 15) is 4.79 Å². The Balaban J connectivity index is 1.78. The zero-order chi connectivity index (χ0) is 20.1. The topological polar surface area (TPSA) is 35.6 Å². The van der Waals surface area contributed by atoms with Crippen LogP contribution in [0, 0.1) is 6.92 Å². The number of fused-ring (bicyclic) bond motifs is 3. The highest BCUT2D eigenvalue weighted by atomic mass is 16.2. The van der Waals surface area contributed by atoms with Crippen molar-refractivity contribution in [2.24, 2.45) is 0 Å². The number of hydrogen-bond acceptors (Lipinski definition) is 3. The fourth-order valence-electron chi connectivity index (χ4n) is 4.57. The molecule has 0 aromatic heterocycles. The van der Waals surface area contributed by atoms with Gasteiger partial charge in [0.25, 0.3) is 0 Å². The molecule has 1 atom stereocenters. The van der Waals surface area contributed by atoms with Crippen LogP contribution in [-0.2, 0) is 10.2 Å². The van der Waals surface area contributed by atoms with Gasteiger partial charge >= 0.3 is 0 Å². The van der Waals surface area contributed by atoms with Gasteiger partial charge < -0.3 is 15.1 Å². The summed E-state index contributed by atoms with van der Waals surface area (Å²) in [6, 6.07) is 15.1. The van der Waals surface area contributed by atoms with E-state index < -0.39 is 5.66 Å². The molecule has 4 heteroatoms. The van der Waals surface area contributed by atoms with Crippen LogP contribution in [0.1, 0.15) is 37.0 Å². The maximum absolute atomic E-state index is 12.5. The molecular weight excluding hydrogens is 346 g/mol. The highest BCUT2D eigenvalue weighted by molar-refractivity contribution is 5.84. The number of anilines is 2. The molecule has 0 spiro atoms. The van der Waals surface area contributed by atoms with Crippen LogP contribution < -0.4 is 15.1 Å². The van der Waals surface area contributed by atoms with E-state index in [1.165, 1.54) is 22.5 Å². The number of nitrogens with one attached hydrogen (secondary N) is 1. The van der Waals surface area contributed by atoms with Crippen LogP contribution in [0.15, 0.2) is 48.5 Å². The summed E-state index contributed by atoms with van der Waals surface area (Å²) in [4.78, 5) is 16.9. The van der Waals surface area contributed by atoms with Crippen LogP contribution in [0.5, 0.6) is 0 Å². The summed E-state index contributed by atoms with van der Waals surface area (Å²) in [7, 11) is 4.08. The summed E-state index contributed by atoms with van der Waals surface area (Å²) < 4.78 is 0. The smallest absolute Gasteiger partial charge is 0.223 e. The van der Waals surface area contributed by atoms with E-state index in [1.807, 2.05) is 14.1 Å². The van der Waals surface area contributed by atoms with E-state index in [0.717, 1.165) is 12.1 Å². The van der Waals surface area contributed by atoms with E-state index in [-0.39, 0.29) is 11.3 Å². The SMILES string of the molecule is Cc1ccc2c(c1)C(C)(C)[C@@]1(/C=C\c3ccc(N(C)C)cc3)NC(=O)CCN21. The monoisotopic (exact) mass is 375 g/mol. The first-order valence-corrected chi connectivity index (χ1v) is 9.91. The van der Waals surface area contributed by atoms with Crippen molar-refractivity contribution >= 4 is 23.4 Å². The molecule has 146 valence electrons. The molecular formula is C24H29N3O. The molecule has 0 bridgehead atoms. The minimum Gasteiger partial charge on any atom is -0.378 e. The molecule has 0 saturated carbocycles. The second-order valence-electron chi connectivity index (χ2n) is 8.68. The molecule has 2 aromatic carbocycles. The molecule has 1 fully saturated rings. The van der Waals surface area contributed by atoms with Crippen LogP contribution in [0.25, 0.3) is 6.08 Å². The second kappa shape index (κ2) is 6.40. The van der Waals surface area contributed by atoms with Crippen LogP contribution in [-0.4, -0.2) is 32.2 Å². The first-order chi connectivity index (χ1) is 13.2.